The van der Waals surface area contributed by atoms with Crippen molar-refractivity contribution in [3.63, 3.8) is 0 Å². The van der Waals surface area contributed by atoms with Crippen molar-refractivity contribution >= 4 is 57.8 Å². The summed E-state index contributed by atoms with van der Waals surface area (Å²) in [5.74, 6) is -0.407. The van der Waals surface area contributed by atoms with Crippen LogP contribution in [-0.4, -0.2) is 17.1 Å². The van der Waals surface area contributed by atoms with Crippen LogP contribution in [-0.2, 0) is 0 Å². The van der Waals surface area contributed by atoms with Crippen LogP contribution in [0.5, 0.6) is 0 Å². The first kappa shape index (κ1) is 17.7. The van der Waals surface area contributed by atoms with Crippen molar-refractivity contribution in [2.24, 2.45) is 5.10 Å². The zero-order valence-electron chi connectivity index (χ0n) is 13.1. The SMILES string of the molecule is Cc1ccc2cc(/C=N/NC(=O)c3ccc(Cl)c(Cl)c3)c(Cl)nc2c1. The number of fused-ring (bicyclic) bond motifs is 1. The first-order chi connectivity index (χ1) is 11.9. The molecule has 0 bridgehead atoms. The van der Waals surface area contributed by atoms with Gasteiger partial charge >= 0.3 is 0 Å². The van der Waals surface area contributed by atoms with Gasteiger partial charge < -0.3 is 0 Å². The quantitative estimate of drug-likeness (QED) is 0.375. The van der Waals surface area contributed by atoms with Gasteiger partial charge in [0.15, 0.2) is 0 Å². The normalized spacial score (nSPS) is 11.2. The molecule has 0 aliphatic heterocycles. The molecule has 2 aromatic carbocycles. The standard InChI is InChI=1S/C18H12Cl3N3O/c1-10-2-3-11-7-13(17(21)23-16(11)6-10)9-22-24-18(25)12-4-5-14(19)15(20)8-12/h2-9H,1H3,(H,24,25)/b22-9+. The van der Waals surface area contributed by atoms with Gasteiger partial charge in [0.05, 0.1) is 21.8 Å². The third-order valence-corrected chi connectivity index (χ3v) is 4.55. The van der Waals surface area contributed by atoms with Crippen LogP contribution in [0.4, 0.5) is 0 Å². The number of hydrazone groups is 1. The van der Waals surface area contributed by atoms with Gasteiger partial charge in [-0.05, 0) is 42.8 Å². The van der Waals surface area contributed by atoms with Gasteiger partial charge in [-0.15, -0.1) is 0 Å². The van der Waals surface area contributed by atoms with Crippen molar-refractivity contribution in [1.82, 2.24) is 10.4 Å². The molecule has 7 heteroatoms. The number of nitrogens with one attached hydrogen (secondary N) is 1. The van der Waals surface area contributed by atoms with E-state index in [4.69, 9.17) is 34.8 Å². The molecule has 0 aliphatic carbocycles. The number of carbonyl (C=O) groups is 1. The highest BCUT2D eigenvalue weighted by atomic mass is 35.5. The lowest BCUT2D eigenvalue weighted by Crippen LogP contribution is -2.17. The summed E-state index contributed by atoms with van der Waals surface area (Å²) in [4.78, 5) is 16.4. The van der Waals surface area contributed by atoms with E-state index in [1.807, 2.05) is 31.2 Å². The summed E-state index contributed by atoms with van der Waals surface area (Å²) in [6.45, 7) is 1.99. The van der Waals surface area contributed by atoms with Crippen molar-refractivity contribution in [2.75, 3.05) is 0 Å². The summed E-state index contributed by atoms with van der Waals surface area (Å²) in [5.41, 5.74) is 5.29. The number of hydrogen-bond acceptors (Lipinski definition) is 3. The molecule has 3 aromatic rings. The van der Waals surface area contributed by atoms with Gasteiger partial charge in [0, 0.05) is 16.5 Å². The Bertz CT molecular complexity index is 1000. The van der Waals surface area contributed by atoms with E-state index in [2.05, 4.69) is 15.5 Å². The first-order valence-electron chi connectivity index (χ1n) is 7.29. The lowest BCUT2D eigenvalue weighted by atomic mass is 10.1. The van der Waals surface area contributed by atoms with Crippen LogP contribution in [0.3, 0.4) is 0 Å². The molecule has 0 saturated heterocycles. The van der Waals surface area contributed by atoms with E-state index in [-0.39, 0.29) is 0 Å². The Morgan fingerprint density at radius 1 is 1.08 bits per heavy atom. The first-order valence-corrected chi connectivity index (χ1v) is 8.43. The number of halogens is 3. The maximum atomic E-state index is 12.1. The lowest BCUT2D eigenvalue weighted by molar-refractivity contribution is 0.0955. The van der Waals surface area contributed by atoms with E-state index in [0.717, 1.165) is 16.5 Å². The second-order valence-electron chi connectivity index (χ2n) is 5.39. The largest absolute Gasteiger partial charge is 0.271 e. The van der Waals surface area contributed by atoms with E-state index in [9.17, 15) is 4.79 Å². The fourth-order valence-electron chi connectivity index (χ4n) is 2.22. The average molecular weight is 393 g/mol. The minimum atomic E-state index is -0.407. The molecule has 0 saturated carbocycles. The van der Waals surface area contributed by atoms with Crippen molar-refractivity contribution in [2.45, 2.75) is 6.92 Å². The van der Waals surface area contributed by atoms with E-state index in [1.54, 1.807) is 12.1 Å². The maximum Gasteiger partial charge on any atom is 0.271 e. The fraction of sp³-hybridized carbons (Fsp3) is 0.0556. The summed E-state index contributed by atoms with van der Waals surface area (Å²) >= 11 is 17.9. The number of pyridine rings is 1. The van der Waals surface area contributed by atoms with Crippen LogP contribution in [0.15, 0.2) is 47.6 Å². The molecule has 1 heterocycles. The number of amides is 1. The van der Waals surface area contributed by atoms with E-state index >= 15 is 0 Å². The average Bonchev–Trinajstić information content (AvgIpc) is 2.57. The molecule has 0 spiro atoms. The third kappa shape index (κ3) is 4.10. The zero-order valence-corrected chi connectivity index (χ0v) is 15.3. The van der Waals surface area contributed by atoms with E-state index < -0.39 is 5.91 Å². The van der Waals surface area contributed by atoms with Crippen LogP contribution in [0.2, 0.25) is 15.2 Å². The van der Waals surface area contributed by atoms with Crippen LogP contribution in [0.1, 0.15) is 21.5 Å². The Kier molecular flexibility index (Phi) is 5.23. The van der Waals surface area contributed by atoms with Gasteiger partial charge in [-0.1, -0.05) is 46.9 Å². The van der Waals surface area contributed by atoms with Gasteiger partial charge in [-0.3, -0.25) is 4.79 Å². The Morgan fingerprint density at radius 2 is 1.88 bits per heavy atom. The number of hydrogen-bond donors (Lipinski definition) is 1. The van der Waals surface area contributed by atoms with E-state index in [0.29, 0.717) is 26.3 Å². The predicted octanol–water partition coefficient (Wildman–Crippen LogP) is 5.27. The molecule has 0 radical (unpaired) electrons. The number of carbonyl (C=O) groups excluding carboxylic acids is 1. The zero-order chi connectivity index (χ0) is 18.0. The van der Waals surface area contributed by atoms with Crippen LogP contribution in [0, 0.1) is 6.92 Å². The van der Waals surface area contributed by atoms with E-state index in [1.165, 1.54) is 12.3 Å². The van der Waals surface area contributed by atoms with Crippen LogP contribution < -0.4 is 5.43 Å². The molecule has 1 amide bonds. The van der Waals surface area contributed by atoms with Crippen molar-refractivity contribution in [3.05, 3.63) is 74.4 Å². The molecular weight excluding hydrogens is 381 g/mol. The molecule has 25 heavy (non-hydrogen) atoms. The third-order valence-electron chi connectivity index (χ3n) is 3.51. The molecule has 0 fully saturated rings. The second-order valence-corrected chi connectivity index (χ2v) is 6.56. The van der Waals surface area contributed by atoms with Crippen molar-refractivity contribution < 1.29 is 4.79 Å². The van der Waals surface area contributed by atoms with Gasteiger partial charge in [-0.2, -0.15) is 5.10 Å². The highest BCUT2D eigenvalue weighted by molar-refractivity contribution is 6.42. The molecule has 0 atom stereocenters. The van der Waals surface area contributed by atoms with Crippen molar-refractivity contribution in [1.29, 1.82) is 0 Å². The van der Waals surface area contributed by atoms with Gasteiger partial charge in [-0.25, -0.2) is 10.4 Å². The fourth-order valence-corrected chi connectivity index (χ4v) is 2.72. The Morgan fingerprint density at radius 3 is 2.64 bits per heavy atom. The molecule has 126 valence electrons. The molecule has 4 nitrogen and oxygen atoms in total. The summed E-state index contributed by atoms with van der Waals surface area (Å²) in [5, 5.41) is 5.86. The Hall–Kier alpha value is -2.14. The van der Waals surface area contributed by atoms with Crippen LogP contribution in [0.25, 0.3) is 10.9 Å². The molecule has 3 rings (SSSR count). The minimum absolute atomic E-state index is 0.301. The van der Waals surface area contributed by atoms with Crippen molar-refractivity contribution in [3.8, 4) is 0 Å². The number of aryl methyl sites for hydroxylation is 1. The molecule has 1 aromatic heterocycles. The number of nitrogens with zero attached hydrogens (tertiary/aromatic N) is 2. The number of benzene rings is 2. The smallest absolute Gasteiger partial charge is 0.267 e. The lowest BCUT2D eigenvalue weighted by Gasteiger charge is -2.04. The molecular formula is C18H12Cl3N3O. The monoisotopic (exact) mass is 391 g/mol. The minimum Gasteiger partial charge on any atom is -0.267 e. The van der Waals surface area contributed by atoms with Gasteiger partial charge in [0.25, 0.3) is 5.91 Å². The summed E-state index contributed by atoms with van der Waals surface area (Å²) in [6, 6.07) is 12.3. The Balaban J connectivity index is 1.78. The number of rotatable bonds is 3. The molecule has 0 unspecified atom stereocenters. The maximum absolute atomic E-state index is 12.1. The predicted molar refractivity (Wildman–Crippen MR) is 103 cm³/mol. The topological polar surface area (TPSA) is 54.4 Å². The van der Waals surface area contributed by atoms with Crippen LogP contribution >= 0.6 is 34.8 Å². The van der Waals surface area contributed by atoms with Gasteiger partial charge in [0.1, 0.15) is 5.15 Å². The highest BCUT2D eigenvalue weighted by Gasteiger charge is 2.07. The number of aromatic nitrogens is 1. The highest BCUT2D eigenvalue weighted by Crippen LogP contribution is 2.23. The summed E-state index contributed by atoms with van der Waals surface area (Å²) < 4.78 is 0. The summed E-state index contributed by atoms with van der Waals surface area (Å²) in [6.07, 6.45) is 1.45. The Labute approximate surface area is 159 Å². The molecule has 0 aliphatic rings. The second kappa shape index (κ2) is 7.40. The van der Waals surface area contributed by atoms with Gasteiger partial charge in [0.2, 0.25) is 0 Å². The molecule has 1 N–H and O–H groups in total. The summed E-state index contributed by atoms with van der Waals surface area (Å²) in [7, 11) is 0.